The van der Waals surface area contributed by atoms with E-state index in [1.54, 1.807) is 18.2 Å². The summed E-state index contributed by atoms with van der Waals surface area (Å²) in [5, 5.41) is 28.7. The molecule has 0 aliphatic rings. The topological polar surface area (TPSA) is 83.4 Å². The van der Waals surface area contributed by atoms with Crippen LogP contribution in [0.5, 0.6) is 0 Å². The maximum atomic E-state index is 13.4. The van der Waals surface area contributed by atoms with Gasteiger partial charge in [-0.25, -0.2) is 4.39 Å². The quantitative estimate of drug-likeness (QED) is 0.454. The van der Waals surface area contributed by atoms with Gasteiger partial charge >= 0.3 is 0 Å². The molecule has 0 saturated heterocycles. The zero-order chi connectivity index (χ0) is 13.7. The Labute approximate surface area is 125 Å². The monoisotopic (exact) mass is 416 g/mol. The van der Waals surface area contributed by atoms with Gasteiger partial charge in [-0.15, -0.1) is 0 Å². The number of rotatable bonds is 2. The fraction of sp³-hybridized carbons (Fsp3) is 0. The highest BCUT2D eigenvalue weighted by Gasteiger charge is 2.11. The first-order valence-electron chi connectivity index (χ1n) is 4.39. The Morgan fingerprint density at radius 1 is 1.22 bits per heavy atom. The molecule has 0 spiro atoms. The Bertz CT molecular complexity index is 633. The smallest absolute Gasteiger partial charge is 0.163 e. The van der Waals surface area contributed by atoms with Crippen LogP contribution in [0.2, 0.25) is 0 Å². The molecule has 88 valence electrons. The van der Waals surface area contributed by atoms with Gasteiger partial charge in [0.15, 0.2) is 5.57 Å². The van der Waals surface area contributed by atoms with E-state index in [9.17, 15) is 4.39 Å². The summed E-state index contributed by atoms with van der Waals surface area (Å²) in [6, 6.07) is 7.57. The molecule has 0 radical (unpaired) electrons. The van der Waals surface area contributed by atoms with E-state index in [0.29, 0.717) is 8.04 Å². The Morgan fingerprint density at radius 2 is 1.83 bits per heavy atom. The number of nitrogens with one attached hydrogen (secondary N) is 1. The van der Waals surface area contributed by atoms with Gasteiger partial charge < -0.3 is 5.32 Å². The van der Waals surface area contributed by atoms with Crippen molar-refractivity contribution in [3.63, 3.8) is 0 Å². The lowest BCUT2D eigenvalue weighted by Crippen LogP contribution is -2.02. The number of hydrogen-bond acceptors (Lipinski definition) is 4. The molecule has 1 rings (SSSR count). The van der Waals surface area contributed by atoms with Crippen LogP contribution in [0.4, 0.5) is 10.1 Å². The number of nitriles is 3. The van der Waals surface area contributed by atoms with E-state index in [2.05, 4.69) is 21.2 Å². The molecule has 7 heteroatoms. The van der Waals surface area contributed by atoms with Crippen molar-refractivity contribution in [2.45, 2.75) is 0 Å². The van der Waals surface area contributed by atoms with Gasteiger partial charge in [-0.05, 0) is 50.7 Å². The number of anilines is 1. The second-order valence-electron chi connectivity index (χ2n) is 2.96. The second-order valence-corrected chi connectivity index (χ2v) is 4.97. The predicted molar refractivity (Wildman–Crippen MR) is 74.3 cm³/mol. The maximum absolute atomic E-state index is 13.4. The second kappa shape index (κ2) is 6.34. The molecular weight excluding hydrogens is 414 g/mol. The molecule has 0 amide bonds. The summed E-state index contributed by atoms with van der Waals surface area (Å²) in [5.41, 5.74) is -0.308. The van der Waals surface area contributed by atoms with Gasteiger partial charge in [-0.1, -0.05) is 0 Å². The van der Waals surface area contributed by atoms with Crippen molar-refractivity contribution < 1.29 is 4.39 Å². The molecule has 4 nitrogen and oxygen atoms in total. The summed E-state index contributed by atoms with van der Waals surface area (Å²) in [6.45, 7) is 0. The van der Waals surface area contributed by atoms with Crippen molar-refractivity contribution in [3.8, 4) is 18.2 Å². The van der Waals surface area contributed by atoms with Gasteiger partial charge in [-0.3, -0.25) is 0 Å². The van der Waals surface area contributed by atoms with Gasteiger partial charge in [-0.2, -0.15) is 15.8 Å². The molecule has 1 aromatic carbocycles. The third-order valence-corrected chi connectivity index (χ3v) is 3.34. The first-order valence-corrected chi connectivity index (χ1v) is 6.26. The molecule has 18 heavy (non-hydrogen) atoms. The molecule has 0 aliphatic heterocycles. The average molecular weight is 417 g/mol. The molecule has 0 bridgehead atoms. The molecule has 0 unspecified atom stereocenters. The minimum absolute atomic E-state index is 0.221. The summed E-state index contributed by atoms with van der Waals surface area (Å²) in [7, 11) is 0. The van der Waals surface area contributed by atoms with Gasteiger partial charge in [0.25, 0.3) is 0 Å². The minimum atomic E-state index is -0.464. The number of nitrogens with zero attached hydrogens (tertiary/aromatic N) is 3. The molecule has 0 atom stereocenters. The highest BCUT2D eigenvalue weighted by Crippen LogP contribution is 2.28. The van der Waals surface area contributed by atoms with Crippen LogP contribution in [0.25, 0.3) is 0 Å². The van der Waals surface area contributed by atoms with Gasteiger partial charge in [0.05, 0.1) is 9.26 Å². The predicted octanol–water partition coefficient (Wildman–Crippen LogP) is 3.43. The standard InChI is InChI=1S/C11H3BrFIN4/c12-7-1-9(14)8(13)2-10(7)18-11(5-17)6(3-15)4-16/h1-2,18H. The average Bonchev–Trinajstić information content (AvgIpc) is 2.35. The van der Waals surface area contributed by atoms with Crippen molar-refractivity contribution in [1.29, 1.82) is 15.8 Å². The number of halogens is 3. The zero-order valence-corrected chi connectivity index (χ0v) is 12.4. The maximum Gasteiger partial charge on any atom is 0.163 e. The van der Waals surface area contributed by atoms with Crippen LogP contribution in [0.1, 0.15) is 0 Å². The van der Waals surface area contributed by atoms with Gasteiger partial charge in [0.1, 0.15) is 29.7 Å². The number of allylic oxidation sites excluding steroid dienone is 2. The zero-order valence-electron chi connectivity index (χ0n) is 8.63. The van der Waals surface area contributed by atoms with Crippen LogP contribution in [0, 0.1) is 43.4 Å². The molecule has 0 saturated carbocycles. The van der Waals surface area contributed by atoms with E-state index in [-0.39, 0.29) is 17.0 Å². The molecule has 1 N–H and O–H groups in total. The van der Waals surface area contributed by atoms with Crippen molar-refractivity contribution in [2.75, 3.05) is 5.32 Å². The summed E-state index contributed by atoms with van der Waals surface area (Å²) in [5.74, 6) is -0.464. The Hall–Kier alpha value is -1.63. The number of hydrogen-bond donors (Lipinski definition) is 1. The molecule has 0 fully saturated rings. The molecule has 0 aliphatic carbocycles. The van der Waals surface area contributed by atoms with Crippen LogP contribution in [0.15, 0.2) is 27.9 Å². The van der Waals surface area contributed by atoms with E-state index in [1.807, 2.05) is 22.6 Å². The molecular formula is C11H3BrFIN4. The highest BCUT2D eigenvalue weighted by atomic mass is 127. The molecule has 0 aromatic heterocycles. The Morgan fingerprint density at radius 3 is 2.33 bits per heavy atom. The summed E-state index contributed by atoms with van der Waals surface area (Å²) in [6.07, 6.45) is 0. The third-order valence-electron chi connectivity index (χ3n) is 1.86. The summed E-state index contributed by atoms with van der Waals surface area (Å²) < 4.78 is 14.3. The summed E-state index contributed by atoms with van der Waals surface area (Å²) >= 11 is 5.02. The van der Waals surface area contributed by atoms with E-state index >= 15 is 0 Å². The van der Waals surface area contributed by atoms with E-state index < -0.39 is 5.82 Å². The van der Waals surface area contributed by atoms with E-state index in [1.165, 1.54) is 12.1 Å². The van der Waals surface area contributed by atoms with Crippen LogP contribution in [-0.4, -0.2) is 0 Å². The minimum Gasteiger partial charge on any atom is -0.344 e. The Kier molecular flexibility index (Phi) is 5.08. The van der Waals surface area contributed by atoms with E-state index in [4.69, 9.17) is 15.8 Å². The molecule has 0 heterocycles. The van der Waals surface area contributed by atoms with Crippen LogP contribution >= 0.6 is 38.5 Å². The first-order chi connectivity index (χ1) is 8.53. The normalized spacial score (nSPS) is 8.67. The van der Waals surface area contributed by atoms with Crippen LogP contribution in [0.3, 0.4) is 0 Å². The van der Waals surface area contributed by atoms with Crippen molar-refractivity contribution in [1.82, 2.24) is 0 Å². The van der Waals surface area contributed by atoms with Gasteiger partial charge in [0.2, 0.25) is 0 Å². The third kappa shape index (κ3) is 3.19. The molecule has 1 aromatic rings. The van der Waals surface area contributed by atoms with Crippen molar-refractivity contribution >= 4 is 44.2 Å². The lowest BCUT2D eigenvalue weighted by atomic mass is 10.2. The largest absolute Gasteiger partial charge is 0.344 e. The lowest BCUT2D eigenvalue weighted by molar-refractivity contribution is 0.620. The fourth-order valence-electron chi connectivity index (χ4n) is 1.04. The number of benzene rings is 1. The highest BCUT2D eigenvalue weighted by molar-refractivity contribution is 14.1. The van der Waals surface area contributed by atoms with Crippen molar-refractivity contribution in [3.05, 3.63) is 37.3 Å². The van der Waals surface area contributed by atoms with E-state index in [0.717, 1.165) is 0 Å². The van der Waals surface area contributed by atoms with Gasteiger partial charge in [0, 0.05) is 4.47 Å². The lowest BCUT2D eigenvalue weighted by Gasteiger charge is -2.08. The first kappa shape index (κ1) is 14.4. The fourth-order valence-corrected chi connectivity index (χ4v) is 2.37. The SMILES string of the molecule is N#CC(C#N)=C(C#N)Nc1cc(F)c(I)cc1Br. The van der Waals surface area contributed by atoms with Crippen LogP contribution < -0.4 is 5.32 Å². The van der Waals surface area contributed by atoms with Crippen molar-refractivity contribution in [2.24, 2.45) is 0 Å². The Balaban J connectivity index is 3.26. The summed E-state index contributed by atoms with van der Waals surface area (Å²) in [4.78, 5) is 0. The van der Waals surface area contributed by atoms with Crippen LogP contribution in [-0.2, 0) is 0 Å².